The summed E-state index contributed by atoms with van der Waals surface area (Å²) < 4.78 is 26.8. The van der Waals surface area contributed by atoms with Crippen LogP contribution in [-0.4, -0.2) is 21.0 Å². The molecule has 2 atom stereocenters. The summed E-state index contributed by atoms with van der Waals surface area (Å²) in [5, 5.41) is 9.23. The fourth-order valence-electron chi connectivity index (χ4n) is 2.63. The highest BCUT2D eigenvalue weighted by Crippen LogP contribution is 2.34. The zero-order valence-corrected chi connectivity index (χ0v) is 10.4. The molecule has 20 heavy (non-hydrogen) atoms. The van der Waals surface area contributed by atoms with Gasteiger partial charge in [0.15, 0.2) is 5.82 Å². The van der Waals surface area contributed by atoms with Crippen LogP contribution in [0.1, 0.15) is 24.6 Å². The lowest BCUT2D eigenvalue weighted by atomic mass is 9.82. The van der Waals surface area contributed by atoms with E-state index in [-0.39, 0.29) is 17.0 Å². The minimum Gasteiger partial charge on any atom is -0.481 e. The minimum atomic E-state index is -0.911. The number of aliphatic carboxylic acids is 1. The number of carboxylic acid groups (broad SMARTS) is 1. The third kappa shape index (κ3) is 2.07. The van der Waals surface area contributed by atoms with E-state index >= 15 is 0 Å². The van der Waals surface area contributed by atoms with E-state index in [0.717, 1.165) is 12.1 Å². The molecule has 0 amide bonds. The average molecular weight is 278 g/mol. The van der Waals surface area contributed by atoms with Gasteiger partial charge in [0, 0.05) is 12.0 Å². The van der Waals surface area contributed by atoms with Gasteiger partial charge in [0.05, 0.1) is 11.4 Å². The number of fused-ring (bicyclic) bond motifs is 1. The van der Waals surface area contributed by atoms with Gasteiger partial charge < -0.3 is 10.1 Å². The topological polar surface area (TPSA) is 66.0 Å². The number of nitrogens with zero attached hydrogens (tertiary/aromatic N) is 1. The van der Waals surface area contributed by atoms with Crippen LogP contribution < -0.4 is 0 Å². The lowest BCUT2D eigenvalue weighted by molar-refractivity contribution is -0.142. The Labute approximate surface area is 113 Å². The number of benzene rings is 1. The van der Waals surface area contributed by atoms with E-state index in [1.165, 1.54) is 0 Å². The summed E-state index contributed by atoms with van der Waals surface area (Å²) in [5.41, 5.74) is 0.288. The van der Waals surface area contributed by atoms with Gasteiger partial charge in [0.25, 0.3) is 0 Å². The van der Waals surface area contributed by atoms with Crippen molar-refractivity contribution in [1.29, 1.82) is 0 Å². The lowest BCUT2D eigenvalue weighted by Gasteiger charge is -2.23. The predicted octanol–water partition coefficient (Wildman–Crippen LogP) is 2.98. The van der Waals surface area contributed by atoms with Crippen molar-refractivity contribution in [3.05, 3.63) is 41.7 Å². The van der Waals surface area contributed by atoms with E-state index in [9.17, 15) is 18.7 Å². The molecule has 0 fully saturated rings. The number of H-pyrrole nitrogens is 1. The van der Waals surface area contributed by atoms with Gasteiger partial charge in [-0.15, -0.1) is 0 Å². The van der Waals surface area contributed by atoms with Crippen molar-refractivity contribution < 1.29 is 18.7 Å². The summed E-state index contributed by atoms with van der Waals surface area (Å²) in [4.78, 5) is 18.2. The van der Waals surface area contributed by atoms with Crippen LogP contribution in [0.2, 0.25) is 0 Å². The second kappa shape index (κ2) is 4.70. The van der Waals surface area contributed by atoms with Crippen LogP contribution in [-0.2, 0) is 4.79 Å². The molecule has 0 saturated carbocycles. The lowest BCUT2D eigenvalue weighted by Crippen LogP contribution is -2.24. The van der Waals surface area contributed by atoms with Crippen molar-refractivity contribution in [3.8, 4) is 0 Å². The third-order valence-corrected chi connectivity index (χ3v) is 3.62. The maximum absolute atomic E-state index is 13.6. The van der Waals surface area contributed by atoms with Crippen LogP contribution in [0.4, 0.5) is 8.78 Å². The fourth-order valence-corrected chi connectivity index (χ4v) is 2.63. The van der Waals surface area contributed by atoms with E-state index in [4.69, 9.17) is 0 Å². The Morgan fingerprint density at radius 2 is 2.05 bits per heavy atom. The monoisotopic (exact) mass is 278 g/mol. The molecular formula is C14H12F2N2O2. The second-order valence-electron chi connectivity index (χ2n) is 4.90. The molecule has 1 aromatic carbocycles. The van der Waals surface area contributed by atoms with Crippen molar-refractivity contribution in [2.45, 2.75) is 18.8 Å². The van der Waals surface area contributed by atoms with Crippen LogP contribution in [0.15, 0.2) is 24.3 Å². The summed E-state index contributed by atoms with van der Waals surface area (Å²) in [6.07, 6.45) is 4.63. The molecule has 0 bridgehead atoms. The summed E-state index contributed by atoms with van der Waals surface area (Å²) in [6, 6.07) is 1.92. The van der Waals surface area contributed by atoms with Gasteiger partial charge >= 0.3 is 5.97 Å². The first-order valence-electron chi connectivity index (χ1n) is 6.28. The number of carboxylic acids is 1. The highest BCUT2D eigenvalue weighted by molar-refractivity contribution is 5.77. The van der Waals surface area contributed by atoms with Crippen LogP contribution in [0.3, 0.4) is 0 Å². The Hall–Kier alpha value is -2.24. The molecule has 3 rings (SSSR count). The molecule has 4 nitrogen and oxygen atoms in total. The first kappa shape index (κ1) is 12.8. The standard InChI is InChI=1S/C14H12F2N2O2/c15-7-5-10(16)12-11(6-7)17-13(18-12)8-3-1-2-4-9(8)14(19)20/h1-2,5-6,8-9H,3-4H2,(H,17,18)(H,19,20)/t8-,9+/m1/s1. The molecule has 0 radical (unpaired) electrons. The predicted molar refractivity (Wildman–Crippen MR) is 68.3 cm³/mol. The molecule has 1 aromatic heterocycles. The molecule has 0 unspecified atom stereocenters. The summed E-state index contributed by atoms with van der Waals surface area (Å²) in [6.45, 7) is 0. The number of hydrogen-bond donors (Lipinski definition) is 2. The number of nitrogens with one attached hydrogen (secondary N) is 1. The van der Waals surface area contributed by atoms with E-state index < -0.39 is 23.5 Å². The van der Waals surface area contributed by atoms with Crippen LogP contribution in [0, 0.1) is 17.6 Å². The van der Waals surface area contributed by atoms with Crippen LogP contribution in [0.25, 0.3) is 11.0 Å². The normalized spacial score (nSPS) is 22.3. The summed E-state index contributed by atoms with van der Waals surface area (Å²) in [7, 11) is 0. The molecule has 1 aliphatic carbocycles. The smallest absolute Gasteiger partial charge is 0.307 e. The van der Waals surface area contributed by atoms with Crippen molar-refractivity contribution in [1.82, 2.24) is 9.97 Å². The Morgan fingerprint density at radius 3 is 2.80 bits per heavy atom. The van der Waals surface area contributed by atoms with Gasteiger partial charge in [-0.2, -0.15) is 0 Å². The van der Waals surface area contributed by atoms with E-state index in [1.807, 2.05) is 12.2 Å². The Balaban J connectivity index is 2.07. The zero-order valence-electron chi connectivity index (χ0n) is 10.4. The van der Waals surface area contributed by atoms with Crippen LogP contribution >= 0.6 is 0 Å². The first-order valence-corrected chi connectivity index (χ1v) is 6.28. The number of carbonyl (C=O) groups is 1. The Bertz CT molecular complexity index is 709. The molecule has 0 saturated heterocycles. The number of halogens is 2. The molecule has 2 N–H and O–H groups in total. The Morgan fingerprint density at radius 1 is 1.30 bits per heavy atom. The highest BCUT2D eigenvalue weighted by atomic mass is 19.1. The molecular weight excluding hydrogens is 266 g/mol. The number of aromatic amines is 1. The van der Waals surface area contributed by atoms with Gasteiger partial charge in [0.2, 0.25) is 0 Å². The average Bonchev–Trinajstić information content (AvgIpc) is 2.82. The molecule has 104 valence electrons. The molecule has 0 spiro atoms. The third-order valence-electron chi connectivity index (χ3n) is 3.62. The SMILES string of the molecule is O=C(O)[C@H]1CC=CC[C@H]1c1nc2c(F)cc(F)cc2[nH]1. The minimum absolute atomic E-state index is 0.0418. The van der Waals surface area contributed by atoms with Gasteiger partial charge in [-0.05, 0) is 18.9 Å². The summed E-state index contributed by atoms with van der Waals surface area (Å²) >= 11 is 0. The number of rotatable bonds is 2. The maximum atomic E-state index is 13.6. The van der Waals surface area contributed by atoms with Gasteiger partial charge in [-0.25, -0.2) is 13.8 Å². The first-order chi connectivity index (χ1) is 9.56. The van der Waals surface area contributed by atoms with E-state index in [1.54, 1.807) is 0 Å². The molecule has 0 aliphatic heterocycles. The highest BCUT2D eigenvalue weighted by Gasteiger charge is 2.32. The van der Waals surface area contributed by atoms with E-state index in [2.05, 4.69) is 9.97 Å². The molecule has 2 aromatic rings. The summed E-state index contributed by atoms with van der Waals surface area (Å²) in [5.74, 6) is -2.92. The van der Waals surface area contributed by atoms with Gasteiger partial charge in [-0.3, -0.25) is 4.79 Å². The Kier molecular flexibility index (Phi) is 3.00. The molecule has 6 heteroatoms. The quantitative estimate of drug-likeness (QED) is 0.830. The zero-order chi connectivity index (χ0) is 14.3. The molecule has 1 heterocycles. The largest absolute Gasteiger partial charge is 0.481 e. The number of imidazole rings is 1. The van der Waals surface area contributed by atoms with Crippen molar-refractivity contribution >= 4 is 17.0 Å². The van der Waals surface area contributed by atoms with Crippen LogP contribution in [0.5, 0.6) is 0 Å². The number of allylic oxidation sites excluding steroid dienone is 2. The second-order valence-corrected chi connectivity index (χ2v) is 4.90. The van der Waals surface area contributed by atoms with Crippen molar-refractivity contribution in [2.24, 2.45) is 5.92 Å². The van der Waals surface area contributed by atoms with Gasteiger partial charge in [-0.1, -0.05) is 12.2 Å². The fraction of sp³-hybridized carbons (Fsp3) is 0.286. The molecule has 1 aliphatic rings. The van der Waals surface area contributed by atoms with E-state index in [0.29, 0.717) is 18.7 Å². The van der Waals surface area contributed by atoms with Gasteiger partial charge in [0.1, 0.15) is 17.2 Å². The number of aromatic nitrogens is 2. The maximum Gasteiger partial charge on any atom is 0.307 e. The van der Waals surface area contributed by atoms with Crippen molar-refractivity contribution in [3.63, 3.8) is 0 Å². The number of hydrogen-bond acceptors (Lipinski definition) is 2. The van der Waals surface area contributed by atoms with Crippen molar-refractivity contribution in [2.75, 3.05) is 0 Å².